The molecule has 10 heteroatoms. The maximum atomic E-state index is 11.0. The number of hydrogen-bond acceptors (Lipinski definition) is 10. The Morgan fingerprint density at radius 1 is 1.30 bits per heavy atom. The molecule has 0 radical (unpaired) electrons. The van der Waals surface area contributed by atoms with Gasteiger partial charge in [-0.25, -0.2) is 4.98 Å². The van der Waals surface area contributed by atoms with Gasteiger partial charge < -0.3 is 35.5 Å². The molecule has 178 valence electrons. The Morgan fingerprint density at radius 2 is 2.06 bits per heavy atom. The first-order valence-electron chi connectivity index (χ1n) is 11.0. The number of nitroso groups, excluding NO2 is 1. The van der Waals surface area contributed by atoms with Gasteiger partial charge in [0.1, 0.15) is 30.0 Å². The smallest absolute Gasteiger partial charge is 0.138 e. The molecule has 2 aromatic rings. The zero-order valence-corrected chi connectivity index (χ0v) is 19.3. The van der Waals surface area contributed by atoms with Crippen LogP contribution in [-0.2, 0) is 4.74 Å². The molecular formula is C23H32N6O4. The first-order valence-corrected chi connectivity index (χ1v) is 11.0. The van der Waals surface area contributed by atoms with Crippen molar-refractivity contribution in [3.63, 3.8) is 0 Å². The lowest BCUT2D eigenvalue weighted by Gasteiger charge is -2.31. The van der Waals surface area contributed by atoms with Crippen molar-refractivity contribution in [2.75, 3.05) is 56.7 Å². The van der Waals surface area contributed by atoms with Gasteiger partial charge in [0.15, 0.2) is 0 Å². The fourth-order valence-corrected chi connectivity index (χ4v) is 3.65. The lowest BCUT2D eigenvalue weighted by Crippen LogP contribution is -2.37. The molecule has 3 rings (SSSR count). The second kappa shape index (κ2) is 11.6. The number of phenolic OH excluding ortho intramolecular Hbond substituents is 1. The van der Waals surface area contributed by atoms with E-state index in [0.29, 0.717) is 61.2 Å². The molecule has 1 fully saturated rings. The molecule has 4 N–H and O–H groups in total. The number of nitrogens with zero attached hydrogens (tertiary/aromatic N) is 3. The van der Waals surface area contributed by atoms with Gasteiger partial charge in [-0.05, 0) is 39.1 Å². The minimum atomic E-state index is -0.541. The van der Waals surface area contributed by atoms with E-state index in [4.69, 9.17) is 19.9 Å². The molecule has 1 aliphatic heterocycles. The molecule has 0 spiro atoms. The minimum Gasteiger partial charge on any atom is -0.508 e. The number of nitrogens with one attached hydrogen (secondary N) is 3. The summed E-state index contributed by atoms with van der Waals surface area (Å²) in [6.45, 7) is 7.17. The van der Waals surface area contributed by atoms with Crippen LogP contribution in [-0.4, -0.2) is 74.9 Å². The van der Waals surface area contributed by atoms with Crippen LogP contribution in [0.15, 0.2) is 29.4 Å². The molecule has 0 saturated carbocycles. The van der Waals surface area contributed by atoms with Gasteiger partial charge in [-0.15, -0.1) is 0 Å². The van der Waals surface area contributed by atoms with Crippen LogP contribution >= 0.6 is 0 Å². The third-order valence-electron chi connectivity index (χ3n) is 5.18. The van der Waals surface area contributed by atoms with E-state index in [-0.39, 0.29) is 18.4 Å². The van der Waals surface area contributed by atoms with E-state index < -0.39 is 6.04 Å². The van der Waals surface area contributed by atoms with Crippen molar-refractivity contribution in [2.45, 2.75) is 25.9 Å². The second-order valence-corrected chi connectivity index (χ2v) is 8.18. The quantitative estimate of drug-likeness (QED) is 0.300. The monoisotopic (exact) mass is 456 g/mol. The SMILES string of the molecule is CNC[C@@H](COc1cc(O)cc(-c2cc(N3CCOCC3)c(C=N)c(NC(C)C)n2)c1)N=O. The average Bonchev–Trinajstić information content (AvgIpc) is 2.81. The summed E-state index contributed by atoms with van der Waals surface area (Å²) in [5.74, 6) is 1.04. The Labute approximate surface area is 193 Å². The van der Waals surface area contributed by atoms with Gasteiger partial charge in [0.05, 0.1) is 30.2 Å². The Hall–Kier alpha value is -3.24. The number of rotatable bonds is 11. The van der Waals surface area contributed by atoms with E-state index >= 15 is 0 Å². The number of phenols is 1. The second-order valence-electron chi connectivity index (χ2n) is 8.18. The summed E-state index contributed by atoms with van der Waals surface area (Å²) in [5, 5.41) is 27.6. The standard InChI is InChI=1S/C23H32N6O4/c1-15(2)26-23-20(12-24)22(29-4-6-32-7-5-29)11-21(27-23)16-8-18(30)10-19(9-16)33-14-17(28-31)13-25-3/h8-12,15,17,24-25,30H,4-7,13-14H2,1-3H3,(H,26,27)/t17-/m0/s1. The molecule has 1 aliphatic rings. The predicted octanol–water partition coefficient (Wildman–Crippen LogP) is 2.84. The van der Waals surface area contributed by atoms with Crippen molar-refractivity contribution in [3.05, 3.63) is 34.7 Å². The van der Waals surface area contributed by atoms with Crippen molar-refractivity contribution in [2.24, 2.45) is 5.18 Å². The maximum absolute atomic E-state index is 11.0. The van der Waals surface area contributed by atoms with Crippen LogP contribution in [0.2, 0.25) is 0 Å². The summed E-state index contributed by atoms with van der Waals surface area (Å²) < 4.78 is 11.2. The summed E-state index contributed by atoms with van der Waals surface area (Å²) in [5.41, 5.74) is 2.88. The summed E-state index contributed by atoms with van der Waals surface area (Å²) >= 11 is 0. The van der Waals surface area contributed by atoms with Crippen LogP contribution in [0.3, 0.4) is 0 Å². The highest BCUT2D eigenvalue weighted by Gasteiger charge is 2.20. The van der Waals surface area contributed by atoms with E-state index in [1.165, 1.54) is 12.3 Å². The van der Waals surface area contributed by atoms with E-state index in [1.807, 2.05) is 19.9 Å². The minimum absolute atomic E-state index is 0.0240. The first kappa shape index (κ1) is 24.4. The van der Waals surface area contributed by atoms with Gasteiger partial charge in [-0.3, -0.25) is 0 Å². The topological polar surface area (TPSA) is 132 Å². The fraction of sp³-hybridized carbons (Fsp3) is 0.478. The number of aromatic hydroxyl groups is 1. The molecule has 2 heterocycles. The molecule has 1 aromatic heterocycles. The zero-order valence-electron chi connectivity index (χ0n) is 19.3. The first-order chi connectivity index (χ1) is 15.9. The normalized spacial score (nSPS) is 14.7. The number of anilines is 2. The third-order valence-corrected chi connectivity index (χ3v) is 5.18. The molecule has 1 aromatic carbocycles. The zero-order chi connectivity index (χ0) is 23.8. The summed E-state index contributed by atoms with van der Waals surface area (Å²) in [4.78, 5) is 17.9. The molecule has 0 amide bonds. The lowest BCUT2D eigenvalue weighted by molar-refractivity contribution is 0.122. The average molecular weight is 457 g/mol. The van der Waals surface area contributed by atoms with Crippen molar-refractivity contribution in [3.8, 4) is 22.8 Å². The van der Waals surface area contributed by atoms with Gasteiger partial charge in [-0.2, -0.15) is 4.91 Å². The number of ether oxygens (including phenoxy) is 2. The molecule has 10 nitrogen and oxygen atoms in total. The van der Waals surface area contributed by atoms with Crippen LogP contribution in [0.5, 0.6) is 11.5 Å². The van der Waals surface area contributed by atoms with Gasteiger partial charge in [0, 0.05) is 43.5 Å². The highest BCUT2D eigenvalue weighted by Crippen LogP contribution is 2.34. The van der Waals surface area contributed by atoms with Crippen molar-refractivity contribution < 1.29 is 14.6 Å². The molecule has 1 saturated heterocycles. The van der Waals surface area contributed by atoms with Crippen molar-refractivity contribution in [1.82, 2.24) is 10.3 Å². The lowest BCUT2D eigenvalue weighted by atomic mass is 10.1. The highest BCUT2D eigenvalue weighted by atomic mass is 16.5. The summed E-state index contributed by atoms with van der Waals surface area (Å²) in [6, 6.07) is 6.38. The van der Waals surface area contributed by atoms with Crippen LogP contribution in [0.1, 0.15) is 19.4 Å². The van der Waals surface area contributed by atoms with Gasteiger partial charge in [0.25, 0.3) is 0 Å². The molecular weight excluding hydrogens is 424 g/mol. The fourth-order valence-electron chi connectivity index (χ4n) is 3.65. The van der Waals surface area contributed by atoms with Crippen LogP contribution in [0.4, 0.5) is 11.5 Å². The number of benzene rings is 1. The van der Waals surface area contributed by atoms with Crippen LogP contribution < -0.4 is 20.3 Å². The molecule has 1 atom stereocenters. The number of pyridine rings is 1. The Balaban J connectivity index is 2.01. The summed E-state index contributed by atoms with van der Waals surface area (Å²) in [7, 11) is 1.74. The third kappa shape index (κ3) is 6.39. The van der Waals surface area contributed by atoms with Gasteiger partial charge in [0.2, 0.25) is 0 Å². The largest absolute Gasteiger partial charge is 0.508 e. The van der Waals surface area contributed by atoms with Gasteiger partial charge in [-0.1, -0.05) is 5.18 Å². The van der Waals surface area contributed by atoms with E-state index in [0.717, 1.165) is 5.69 Å². The number of hydrogen-bond donors (Lipinski definition) is 4. The number of morpholine rings is 1. The van der Waals surface area contributed by atoms with E-state index in [1.54, 1.807) is 19.2 Å². The van der Waals surface area contributed by atoms with E-state index in [2.05, 4.69) is 20.7 Å². The van der Waals surface area contributed by atoms with E-state index in [9.17, 15) is 10.0 Å². The maximum Gasteiger partial charge on any atom is 0.138 e. The predicted molar refractivity (Wildman–Crippen MR) is 130 cm³/mol. The molecule has 0 unspecified atom stereocenters. The molecule has 33 heavy (non-hydrogen) atoms. The van der Waals surface area contributed by atoms with Crippen molar-refractivity contribution in [1.29, 1.82) is 5.41 Å². The highest BCUT2D eigenvalue weighted by molar-refractivity contribution is 5.94. The van der Waals surface area contributed by atoms with Crippen LogP contribution in [0, 0.1) is 10.3 Å². The van der Waals surface area contributed by atoms with Gasteiger partial charge >= 0.3 is 0 Å². The number of aromatic nitrogens is 1. The molecule has 0 bridgehead atoms. The number of likely N-dealkylation sites (N-methyl/N-ethyl adjacent to an activating group) is 1. The Morgan fingerprint density at radius 3 is 2.70 bits per heavy atom. The Bertz CT molecular complexity index is 962. The van der Waals surface area contributed by atoms with Crippen molar-refractivity contribution >= 4 is 17.7 Å². The van der Waals surface area contributed by atoms with Crippen LogP contribution in [0.25, 0.3) is 11.3 Å². The summed E-state index contributed by atoms with van der Waals surface area (Å²) in [6.07, 6.45) is 1.32. The Kier molecular flexibility index (Phi) is 8.56. The molecule has 0 aliphatic carbocycles.